The predicted octanol–water partition coefficient (Wildman–Crippen LogP) is 5.02. The highest BCUT2D eigenvalue weighted by molar-refractivity contribution is 6.34. The highest BCUT2D eigenvalue weighted by atomic mass is 35.5. The van der Waals surface area contributed by atoms with Crippen molar-refractivity contribution in [1.29, 1.82) is 0 Å². The Hall–Kier alpha value is -2.86. The van der Waals surface area contributed by atoms with E-state index in [4.69, 9.17) is 16.3 Å². The summed E-state index contributed by atoms with van der Waals surface area (Å²) in [5.74, 6) is 0.748. The maximum absolute atomic E-state index is 12.8. The van der Waals surface area contributed by atoms with Crippen LogP contribution < -0.4 is 9.75 Å². The van der Waals surface area contributed by atoms with Crippen molar-refractivity contribution in [3.63, 3.8) is 0 Å². The minimum absolute atomic E-state index is 0.0318. The molecule has 0 saturated carbocycles. The molecule has 2 aromatic carbocycles. The number of carbonyl (C=O) groups is 2. The molecular weight excluding hydrogens is 414 g/mol. The Morgan fingerprint density at radius 3 is 2.58 bits per heavy atom. The molecule has 0 radical (unpaired) electrons. The van der Waals surface area contributed by atoms with Gasteiger partial charge in [0, 0.05) is 6.92 Å². The van der Waals surface area contributed by atoms with Crippen LogP contribution in [0, 0.1) is 20.8 Å². The van der Waals surface area contributed by atoms with Gasteiger partial charge in [0.25, 0.3) is 5.91 Å². The number of hydrazone groups is 1. The molecule has 0 bridgehead atoms. The van der Waals surface area contributed by atoms with Crippen LogP contribution in [0.3, 0.4) is 0 Å². The maximum Gasteiger partial charge on any atom is 0.255 e. The highest BCUT2D eigenvalue weighted by Crippen LogP contribution is 2.34. The maximum atomic E-state index is 12.8. The van der Waals surface area contributed by atoms with E-state index in [2.05, 4.69) is 5.10 Å². The minimum Gasteiger partial charge on any atom is -0.489 e. The second-order valence-electron chi connectivity index (χ2n) is 7.91. The molecule has 7 heteroatoms. The molecule has 2 aromatic rings. The van der Waals surface area contributed by atoms with Crippen molar-refractivity contribution in [2.75, 3.05) is 11.6 Å². The molecule has 0 saturated heterocycles. The quantitative estimate of drug-likeness (QED) is 0.632. The van der Waals surface area contributed by atoms with Gasteiger partial charge >= 0.3 is 0 Å². The normalized spacial score (nSPS) is 14.5. The summed E-state index contributed by atoms with van der Waals surface area (Å²) in [7, 11) is 0. The van der Waals surface area contributed by atoms with Gasteiger partial charge < -0.3 is 4.74 Å². The fraction of sp³-hybridized carbons (Fsp3) is 0.375. The van der Waals surface area contributed by atoms with Gasteiger partial charge in [-0.25, -0.2) is 0 Å². The molecule has 3 rings (SSSR count). The van der Waals surface area contributed by atoms with E-state index in [0.29, 0.717) is 29.5 Å². The zero-order valence-electron chi connectivity index (χ0n) is 18.6. The molecule has 1 aliphatic rings. The predicted molar refractivity (Wildman–Crippen MR) is 124 cm³/mol. The van der Waals surface area contributed by atoms with Crippen molar-refractivity contribution >= 4 is 34.9 Å². The van der Waals surface area contributed by atoms with Crippen LogP contribution in [0.15, 0.2) is 41.5 Å². The minimum atomic E-state index is -0.234. The van der Waals surface area contributed by atoms with Crippen LogP contribution in [0.5, 0.6) is 5.75 Å². The number of benzene rings is 2. The lowest BCUT2D eigenvalue weighted by Gasteiger charge is -2.26. The number of halogens is 1. The summed E-state index contributed by atoms with van der Waals surface area (Å²) < 4.78 is 6.11. The van der Waals surface area contributed by atoms with E-state index in [1.165, 1.54) is 16.8 Å². The molecule has 1 unspecified atom stereocenters. The lowest BCUT2D eigenvalue weighted by Crippen LogP contribution is -2.42. The third-order valence-electron chi connectivity index (χ3n) is 5.20. The van der Waals surface area contributed by atoms with Gasteiger partial charge in [-0.05, 0) is 62.1 Å². The van der Waals surface area contributed by atoms with E-state index in [0.717, 1.165) is 22.4 Å². The topological polar surface area (TPSA) is 62.2 Å². The first-order chi connectivity index (χ1) is 14.7. The standard InChI is InChI=1S/C24H28ClN3O3/c1-6-19(31-20-9-7-8-15(2)11-20)14-27(18(5)29)22-13-23(30)28(26-22)24-17(4)10-16(3)12-21(24)25/h7-12,19H,6,13-14H2,1-5H3. The van der Waals surface area contributed by atoms with Gasteiger partial charge in [-0.3, -0.25) is 14.5 Å². The Balaban J connectivity index is 1.85. The third kappa shape index (κ3) is 5.25. The van der Waals surface area contributed by atoms with Gasteiger partial charge in [0.2, 0.25) is 5.91 Å². The van der Waals surface area contributed by atoms with E-state index in [1.807, 2.05) is 58.0 Å². The van der Waals surface area contributed by atoms with Crippen LogP contribution in [0.2, 0.25) is 5.02 Å². The van der Waals surface area contributed by atoms with Crippen molar-refractivity contribution in [3.05, 3.63) is 58.1 Å². The lowest BCUT2D eigenvalue weighted by atomic mass is 10.1. The summed E-state index contributed by atoms with van der Waals surface area (Å²) in [4.78, 5) is 26.7. The summed E-state index contributed by atoms with van der Waals surface area (Å²) in [6, 6.07) is 11.5. The molecule has 164 valence electrons. The van der Waals surface area contributed by atoms with Crippen LogP contribution in [0.1, 0.15) is 43.4 Å². The van der Waals surface area contributed by atoms with E-state index < -0.39 is 0 Å². The Morgan fingerprint density at radius 2 is 1.97 bits per heavy atom. The molecule has 6 nitrogen and oxygen atoms in total. The van der Waals surface area contributed by atoms with Crippen molar-refractivity contribution in [3.8, 4) is 5.75 Å². The number of amidine groups is 1. The van der Waals surface area contributed by atoms with Crippen molar-refractivity contribution < 1.29 is 14.3 Å². The number of rotatable bonds is 6. The summed E-state index contributed by atoms with van der Waals surface area (Å²) in [5.41, 5.74) is 3.51. The molecule has 2 amide bonds. The molecule has 1 atom stereocenters. The van der Waals surface area contributed by atoms with Crippen LogP contribution in [-0.4, -0.2) is 35.2 Å². The second kappa shape index (κ2) is 9.52. The Bertz CT molecular complexity index is 1010. The number of hydrogen-bond donors (Lipinski definition) is 0. The number of carbonyl (C=O) groups excluding carboxylic acids is 2. The number of anilines is 1. The largest absolute Gasteiger partial charge is 0.489 e. The molecule has 0 spiro atoms. The zero-order valence-corrected chi connectivity index (χ0v) is 19.4. The second-order valence-corrected chi connectivity index (χ2v) is 8.31. The van der Waals surface area contributed by atoms with Gasteiger partial charge in [0.05, 0.1) is 23.7 Å². The van der Waals surface area contributed by atoms with Crippen molar-refractivity contribution in [2.24, 2.45) is 5.10 Å². The molecule has 1 heterocycles. The zero-order chi connectivity index (χ0) is 22.7. The fourth-order valence-electron chi connectivity index (χ4n) is 3.67. The number of hydrogen-bond acceptors (Lipinski definition) is 4. The summed E-state index contributed by atoms with van der Waals surface area (Å²) in [6.45, 7) is 9.61. The van der Waals surface area contributed by atoms with Gasteiger partial charge in [0.15, 0.2) is 0 Å². The molecule has 0 fully saturated rings. The van der Waals surface area contributed by atoms with Crippen LogP contribution >= 0.6 is 11.6 Å². The SMILES string of the molecule is CCC(CN(C(C)=O)C1=NN(c2c(C)cc(C)cc2Cl)C(=O)C1)Oc1cccc(C)c1. The smallest absolute Gasteiger partial charge is 0.255 e. The van der Waals surface area contributed by atoms with E-state index in [9.17, 15) is 9.59 Å². The number of ether oxygens (including phenoxy) is 1. The molecule has 0 N–H and O–H groups in total. The van der Waals surface area contributed by atoms with E-state index in [-0.39, 0.29) is 24.3 Å². The summed E-state index contributed by atoms with van der Waals surface area (Å²) in [5, 5.41) is 6.25. The van der Waals surface area contributed by atoms with Crippen molar-refractivity contribution in [2.45, 2.75) is 53.6 Å². The van der Waals surface area contributed by atoms with Crippen LogP contribution in [0.4, 0.5) is 5.69 Å². The average molecular weight is 442 g/mol. The van der Waals surface area contributed by atoms with Gasteiger partial charge in [-0.1, -0.05) is 36.7 Å². The average Bonchev–Trinajstić information content (AvgIpc) is 3.05. The van der Waals surface area contributed by atoms with Gasteiger partial charge in [-0.2, -0.15) is 10.1 Å². The Kier molecular flexibility index (Phi) is 7.01. The molecular formula is C24H28ClN3O3. The van der Waals surface area contributed by atoms with E-state index in [1.54, 1.807) is 6.07 Å². The van der Waals surface area contributed by atoms with Crippen LogP contribution in [-0.2, 0) is 9.59 Å². The molecule has 0 aromatic heterocycles. The number of aryl methyl sites for hydroxylation is 3. The first-order valence-corrected chi connectivity index (χ1v) is 10.8. The molecule has 31 heavy (non-hydrogen) atoms. The third-order valence-corrected chi connectivity index (χ3v) is 5.48. The Labute approximate surface area is 188 Å². The first-order valence-electron chi connectivity index (χ1n) is 10.4. The lowest BCUT2D eigenvalue weighted by molar-refractivity contribution is -0.126. The highest BCUT2D eigenvalue weighted by Gasteiger charge is 2.33. The molecule has 0 aliphatic carbocycles. The van der Waals surface area contributed by atoms with Gasteiger partial charge in [0.1, 0.15) is 17.7 Å². The molecule has 1 aliphatic heterocycles. The fourth-order valence-corrected chi connectivity index (χ4v) is 4.07. The first kappa shape index (κ1) is 22.8. The van der Waals surface area contributed by atoms with E-state index >= 15 is 0 Å². The van der Waals surface area contributed by atoms with Gasteiger partial charge in [-0.15, -0.1) is 0 Å². The Morgan fingerprint density at radius 1 is 1.23 bits per heavy atom. The number of amides is 2. The van der Waals surface area contributed by atoms with Crippen LogP contribution in [0.25, 0.3) is 0 Å². The summed E-state index contributed by atoms with van der Waals surface area (Å²) >= 11 is 6.42. The number of nitrogens with zero attached hydrogens (tertiary/aromatic N) is 3. The van der Waals surface area contributed by atoms with Crippen molar-refractivity contribution in [1.82, 2.24) is 4.90 Å². The summed E-state index contributed by atoms with van der Waals surface area (Å²) in [6.07, 6.45) is 0.498. The monoisotopic (exact) mass is 441 g/mol.